The van der Waals surface area contributed by atoms with Gasteiger partial charge in [-0.1, -0.05) is 6.07 Å². The van der Waals surface area contributed by atoms with E-state index < -0.39 is 5.82 Å². The molecule has 1 heterocycles. The highest BCUT2D eigenvalue weighted by Gasteiger charge is 2.21. The van der Waals surface area contributed by atoms with Crippen LogP contribution < -0.4 is 4.90 Å². The molecule has 0 bridgehead atoms. The lowest BCUT2D eigenvalue weighted by atomic mass is 10.1. The van der Waals surface area contributed by atoms with Gasteiger partial charge < -0.3 is 9.80 Å². The Kier molecular flexibility index (Phi) is 4.37. The van der Waals surface area contributed by atoms with Crippen molar-refractivity contribution in [1.29, 1.82) is 0 Å². The summed E-state index contributed by atoms with van der Waals surface area (Å²) in [4.78, 5) is 26.8. The van der Waals surface area contributed by atoms with E-state index in [-0.39, 0.29) is 17.3 Å². The van der Waals surface area contributed by atoms with Crippen LogP contribution in [0, 0.1) is 5.82 Å². The van der Waals surface area contributed by atoms with Gasteiger partial charge in [-0.15, -0.1) is 0 Å². The van der Waals surface area contributed by atoms with E-state index in [0.29, 0.717) is 31.9 Å². The first-order chi connectivity index (χ1) is 9.50. The number of halogens is 1. The minimum Gasteiger partial charge on any atom is -0.369 e. The van der Waals surface area contributed by atoms with E-state index in [1.54, 1.807) is 24.0 Å². The Morgan fingerprint density at radius 1 is 1.10 bits per heavy atom. The molecular formula is C15H19FN2O2. The van der Waals surface area contributed by atoms with Gasteiger partial charge in [0.25, 0.3) is 0 Å². The molecular weight excluding hydrogens is 259 g/mol. The third kappa shape index (κ3) is 2.98. The van der Waals surface area contributed by atoms with E-state index >= 15 is 0 Å². The average molecular weight is 278 g/mol. The number of carbonyl (C=O) groups excluding carboxylic acids is 2. The van der Waals surface area contributed by atoms with Gasteiger partial charge in [0.15, 0.2) is 5.78 Å². The van der Waals surface area contributed by atoms with Crippen molar-refractivity contribution in [2.24, 2.45) is 0 Å². The van der Waals surface area contributed by atoms with Gasteiger partial charge in [-0.3, -0.25) is 9.59 Å². The van der Waals surface area contributed by atoms with Gasteiger partial charge in [0.05, 0.1) is 11.3 Å². The monoisotopic (exact) mass is 278 g/mol. The fourth-order valence-electron chi connectivity index (χ4n) is 2.60. The highest BCUT2D eigenvalue weighted by molar-refractivity contribution is 6.00. The lowest BCUT2D eigenvalue weighted by Crippen LogP contribution is -2.34. The minimum absolute atomic E-state index is 0.0536. The minimum atomic E-state index is -0.484. The predicted molar refractivity (Wildman–Crippen MR) is 75.5 cm³/mol. The Balaban J connectivity index is 2.26. The standard InChI is InChI=1S/C15H19FN2O2/c1-11(19)15-13(16)5-3-6-14(15)18-8-4-7-17(9-10-18)12(2)20/h3,5-6H,4,7-10H2,1-2H3. The van der Waals surface area contributed by atoms with Gasteiger partial charge in [-0.25, -0.2) is 4.39 Å². The molecule has 108 valence electrons. The molecule has 2 rings (SSSR count). The maximum absolute atomic E-state index is 13.9. The summed E-state index contributed by atoms with van der Waals surface area (Å²) in [7, 11) is 0. The predicted octanol–water partition coefficient (Wildman–Crippen LogP) is 2.09. The third-order valence-corrected chi connectivity index (χ3v) is 3.63. The molecule has 0 radical (unpaired) electrons. The van der Waals surface area contributed by atoms with Gasteiger partial charge in [-0.2, -0.15) is 0 Å². The molecule has 0 spiro atoms. The number of benzene rings is 1. The summed E-state index contributed by atoms with van der Waals surface area (Å²) in [5, 5.41) is 0. The van der Waals surface area contributed by atoms with Crippen LogP contribution in [0.3, 0.4) is 0 Å². The number of hydrogen-bond donors (Lipinski definition) is 0. The van der Waals surface area contributed by atoms with Crippen molar-refractivity contribution < 1.29 is 14.0 Å². The Bertz CT molecular complexity index is 531. The number of Topliss-reactive ketones (excluding diaryl/α,β-unsaturated/α-hetero) is 1. The molecule has 0 unspecified atom stereocenters. The summed E-state index contributed by atoms with van der Waals surface area (Å²) < 4.78 is 13.9. The van der Waals surface area contributed by atoms with E-state index in [4.69, 9.17) is 0 Å². The van der Waals surface area contributed by atoms with Gasteiger partial charge in [0, 0.05) is 33.1 Å². The van der Waals surface area contributed by atoms with Crippen LogP contribution in [-0.4, -0.2) is 42.8 Å². The molecule has 4 nitrogen and oxygen atoms in total. The molecule has 5 heteroatoms. The van der Waals surface area contributed by atoms with E-state index in [1.165, 1.54) is 13.0 Å². The quantitative estimate of drug-likeness (QED) is 0.778. The molecule has 1 aliphatic rings. The summed E-state index contributed by atoms with van der Waals surface area (Å²) in [5.41, 5.74) is 0.770. The van der Waals surface area contributed by atoms with Gasteiger partial charge in [-0.05, 0) is 25.5 Å². The number of ketones is 1. The van der Waals surface area contributed by atoms with Crippen LogP contribution in [0.15, 0.2) is 18.2 Å². The number of nitrogens with zero attached hydrogens (tertiary/aromatic N) is 2. The van der Waals surface area contributed by atoms with Crippen LogP contribution in [0.4, 0.5) is 10.1 Å². The number of carbonyl (C=O) groups is 2. The second kappa shape index (κ2) is 6.03. The summed E-state index contributed by atoms with van der Waals surface area (Å²) >= 11 is 0. The molecule has 20 heavy (non-hydrogen) atoms. The first-order valence-corrected chi connectivity index (χ1v) is 6.80. The fourth-order valence-corrected chi connectivity index (χ4v) is 2.60. The summed E-state index contributed by atoms with van der Waals surface area (Å²) in [6.07, 6.45) is 0.813. The second-order valence-corrected chi connectivity index (χ2v) is 5.04. The van der Waals surface area contributed by atoms with Crippen LogP contribution in [0.2, 0.25) is 0 Å². The molecule has 1 aromatic rings. The SMILES string of the molecule is CC(=O)c1c(F)cccc1N1CCCN(C(C)=O)CC1. The van der Waals surface area contributed by atoms with Crippen molar-refractivity contribution in [2.75, 3.05) is 31.1 Å². The Morgan fingerprint density at radius 3 is 2.50 bits per heavy atom. The van der Waals surface area contributed by atoms with Crippen molar-refractivity contribution >= 4 is 17.4 Å². The van der Waals surface area contributed by atoms with E-state index in [9.17, 15) is 14.0 Å². The first kappa shape index (κ1) is 14.5. The van der Waals surface area contributed by atoms with Crippen LogP contribution in [0.1, 0.15) is 30.6 Å². The highest BCUT2D eigenvalue weighted by Crippen LogP contribution is 2.25. The second-order valence-electron chi connectivity index (χ2n) is 5.04. The summed E-state index contributed by atoms with van der Waals surface area (Å²) in [5.74, 6) is -0.702. The number of anilines is 1. The number of amides is 1. The average Bonchev–Trinajstić information content (AvgIpc) is 2.63. The molecule has 0 aromatic heterocycles. The number of hydrogen-bond acceptors (Lipinski definition) is 3. The van der Waals surface area contributed by atoms with Crippen molar-refractivity contribution in [1.82, 2.24) is 4.90 Å². The molecule has 0 N–H and O–H groups in total. The molecule has 1 saturated heterocycles. The molecule has 0 saturated carbocycles. The highest BCUT2D eigenvalue weighted by atomic mass is 19.1. The molecule has 1 aliphatic heterocycles. The third-order valence-electron chi connectivity index (χ3n) is 3.63. The van der Waals surface area contributed by atoms with Gasteiger partial charge >= 0.3 is 0 Å². The molecule has 0 atom stereocenters. The van der Waals surface area contributed by atoms with Gasteiger partial charge in [0.1, 0.15) is 5.82 Å². The molecule has 1 amide bonds. The first-order valence-electron chi connectivity index (χ1n) is 6.80. The van der Waals surface area contributed by atoms with Crippen molar-refractivity contribution in [3.05, 3.63) is 29.6 Å². The summed E-state index contributed by atoms with van der Waals surface area (Å²) in [6, 6.07) is 4.69. The maximum Gasteiger partial charge on any atom is 0.219 e. The van der Waals surface area contributed by atoms with Crippen LogP contribution >= 0.6 is 0 Å². The Hall–Kier alpha value is -1.91. The molecule has 1 fully saturated rings. The molecule has 0 aliphatic carbocycles. The van der Waals surface area contributed by atoms with Crippen molar-refractivity contribution in [2.45, 2.75) is 20.3 Å². The topological polar surface area (TPSA) is 40.6 Å². The smallest absolute Gasteiger partial charge is 0.219 e. The Labute approximate surface area is 118 Å². The fraction of sp³-hybridized carbons (Fsp3) is 0.467. The largest absolute Gasteiger partial charge is 0.369 e. The van der Waals surface area contributed by atoms with Crippen molar-refractivity contribution in [3.63, 3.8) is 0 Å². The van der Waals surface area contributed by atoms with E-state index in [0.717, 1.165) is 6.42 Å². The van der Waals surface area contributed by atoms with Gasteiger partial charge in [0.2, 0.25) is 5.91 Å². The van der Waals surface area contributed by atoms with Crippen LogP contribution in [0.25, 0.3) is 0 Å². The Morgan fingerprint density at radius 2 is 1.85 bits per heavy atom. The van der Waals surface area contributed by atoms with E-state index in [1.807, 2.05) is 4.90 Å². The number of rotatable bonds is 2. The summed E-state index contributed by atoms with van der Waals surface area (Å²) in [6.45, 7) is 5.57. The lowest BCUT2D eigenvalue weighted by molar-refractivity contribution is -0.128. The van der Waals surface area contributed by atoms with Crippen molar-refractivity contribution in [3.8, 4) is 0 Å². The van der Waals surface area contributed by atoms with Crippen LogP contribution in [-0.2, 0) is 4.79 Å². The maximum atomic E-state index is 13.9. The zero-order valence-electron chi connectivity index (χ0n) is 11.9. The lowest BCUT2D eigenvalue weighted by Gasteiger charge is -2.25. The molecule has 1 aromatic carbocycles. The normalized spacial score (nSPS) is 15.9. The zero-order valence-corrected chi connectivity index (χ0v) is 11.9. The van der Waals surface area contributed by atoms with Crippen LogP contribution in [0.5, 0.6) is 0 Å². The zero-order chi connectivity index (χ0) is 14.7. The van der Waals surface area contributed by atoms with E-state index in [2.05, 4.69) is 0 Å².